The first kappa shape index (κ1) is 16.0. The van der Waals surface area contributed by atoms with Gasteiger partial charge in [-0.1, -0.05) is 13.8 Å². The second kappa shape index (κ2) is 6.70. The average Bonchev–Trinajstić information content (AvgIpc) is 2.54. The van der Waals surface area contributed by atoms with Crippen molar-refractivity contribution in [3.05, 3.63) is 27.7 Å². The standard InChI is InChI=1S/C16H24N4O3/c1-10(2)14-8-12(4-6-23-14)17-16(22)20-5-3-13-11(9-20)7-15(21)19-18-13/h7,10,12,14H,3-6,8-9H2,1-2H3,(H,17,22)(H,19,21). The van der Waals surface area contributed by atoms with Crippen LogP contribution in [0.2, 0.25) is 0 Å². The fourth-order valence-electron chi connectivity index (χ4n) is 3.21. The van der Waals surface area contributed by atoms with Gasteiger partial charge in [0.05, 0.1) is 11.8 Å². The lowest BCUT2D eigenvalue weighted by Crippen LogP contribution is -2.50. The molecule has 1 fully saturated rings. The molecule has 0 aromatic carbocycles. The molecule has 7 heteroatoms. The van der Waals surface area contributed by atoms with E-state index in [9.17, 15) is 9.59 Å². The monoisotopic (exact) mass is 320 g/mol. The Hall–Kier alpha value is -1.89. The zero-order valence-corrected chi connectivity index (χ0v) is 13.7. The van der Waals surface area contributed by atoms with Crippen molar-refractivity contribution >= 4 is 6.03 Å². The minimum Gasteiger partial charge on any atom is -0.378 e. The first-order valence-corrected chi connectivity index (χ1v) is 8.27. The number of fused-ring (bicyclic) bond motifs is 1. The van der Waals surface area contributed by atoms with Crippen molar-refractivity contribution in [3.63, 3.8) is 0 Å². The maximum atomic E-state index is 12.5. The van der Waals surface area contributed by atoms with E-state index in [0.717, 1.165) is 24.1 Å². The van der Waals surface area contributed by atoms with E-state index in [2.05, 4.69) is 29.4 Å². The van der Waals surface area contributed by atoms with E-state index in [-0.39, 0.29) is 23.7 Å². The van der Waals surface area contributed by atoms with E-state index in [1.165, 1.54) is 6.07 Å². The number of rotatable bonds is 2. The Labute approximate surface area is 135 Å². The second-order valence-electron chi connectivity index (χ2n) is 6.70. The van der Waals surface area contributed by atoms with Crippen molar-refractivity contribution in [1.82, 2.24) is 20.4 Å². The molecule has 2 aliphatic rings. The first-order valence-electron chi connectivity index (χ1n) is 8.27. The van der Waals surface area contributed by atoms with Crippen molar-refractivity contribution in [2.45, 2.75) is 51.8 Å². The van der Waals surface area contributed by atoms with Gasteiger partial charge in [-0.3, -0.25) is 4.79 Å². The Kier molecular flexibility index (Phi) is 4.66. The summed E-state index contributed by atoms with van der Waals surface area (Å²) in [4.78, 5) is 25.6. The van der Waals surface area contributed by atoms with E-state index in [1.54, 1.807) is 4.90 Å². The highest BCUT2D eigenvalue weighted by Crippen LogP contribution is 2.21. The lowest BCUT2D eigenvalue weighted by atomic mass is 9.95. The Morgan fingerprint density at radius 3 is 3.13 bits per heavy atom. The zero-order valence-electron chi connectivity index (χ0n) is 13.7. The van der Waals surface area contributed by atoms with Gasteiger partial charge in [0.15, 0.2) is 0 Å². The molecule has 2 unspecified atom stereocenters. The maximum absolute atomic E-state index is 12.5. The Balaban J connectivity index is 1.60. The van der Waals surface area contributed by atoms with Gasteiger partial charge in [0.25, 0.3) is 5.56 Å². The van der Waals surface area contributed by atoms with Crippen molar-refractivity contribution in [2.24, 2.45) is 5.92 Å². The number of carbonyl (C=O) groups is 1. The molecular formula is C16H24N4O3. The lowest BCUT2D eigenvalue weighted by Gasteiger charge is -2.34. The van der Waals surface area contributed by atoms with E-state index in [1.807, 2.05) is 0 Å². The summed E-state index contributed by atoms with van der Waals surface area (Å²) in [6, 6.07) is 1.62. The third-order valence-electron chi connectivity index (χ3n) is 4.63. The number of urea groups is 1. The normalized spacial score (nSPS) is 24.4. The zero-order chi connectivity index (χ0) is 16.4. The predicted octanol–water partition coefficient (Wildman–Crippen LogP) is 1.04. The van der Waals surface area contributed by atoms with Crippen molar-refractivity contribution < 1.29 is 9.53 Å². The molecule has 7 nitrogen and oxygen atoms in total. The third-order valence-corrected chi connectivity index (χ3v) is 4.63. The van der Waals surface area contributed by atoms with Crippen LogP contribution in [-0.4, -0.2) is 46.4 Å². The van der Waals surface area contributed by atoms with Crippen molar-refractivity contribution in [2.75, 3.05) is 13.2 Å². The number of aromatic nitrogens is 2. The Morgan fingerprint density at radius 2 is 2.35 bits per heavy atom. The molecule has 3 heterocycles. The number of ether oxygens (including phenoxy) is 1. The van der Waals surface area contributed by atoms with Crippen LogP contribution in [-0.2, 0) is 17.7 Å². The van der Waals surface area contributed by atoms with Gasteiger partial charge in [0.2, 0.25) is 0 Å². The molecule has 0 radical (unpaired) electrons. The van der Waals surface area contributed by atoms with Crippen LogP contribution in [0.3, 0.4) is 0 Å². The number of nitrogens with one attached hydrogen (secondary N) is 2. The maximum Gasteiger partial charge on any atom is 0.317 e. The largest absolute Gasteiger partial charge is 0.378 e. The smallest absolute Gasteiger partial charge is 0.317 e. The van der Waals surface area contributed by atoms with Gasteiger partial charge in [-0.2, -0.15) is 5.10 Å². The molecule has 0 bridgehead atoms. The first-order chi connectivity index (χ1) is 11.0. The molecule has 2 N–H and O–H groups in total. The van der Waals surface area contributed by atoms with Crippen molar-refractivity contribution in [3.8, 4) is 0 Å². The van der Waals surface area contributed by atoms with Gasteiger partial charge in [-0.25, -0.2) is 9.89 Å². The van der Waals surface area contributed by atoms with Gasteiger partial charge < -0.3 is 15.0 Å². The highest BCUT2D eigenvalue weighted by molar-refractivity contribution is 5.74. The number of H-pyrrole nitrogens is 1. The average molecular weight is 320 g/mol. The van der Waals surface area contributed by atoms with Gasteiger partial charge in [-0.15, -0.1) is 0 Å². The van der Waals surface area contributed by atoms with Crippen molar-refractivity contribution in [1.29, 1.82) is 0 Å². The predicted molar refractivity (Wildman–Crippen MR) is 85.1 cm³/mol. The molecule has 23 heavy (non-hydrogen) atoms. The van der Waals surface area contributed by atoms with E-state index in [0.29, 0.717) is 32.0 Å². The summed E-state index contributed by atoms with van der Waals surface area (Å²) in [5.41, 5.74) is 1.48. The molecule has 2 atom stereocenters. The highest BCUT2D eigenvalue weighted by atomic mass is 16.5. The molecule has 126 valence electrons. The fourth-order valence-corrected chi connectivity index (χ4v) is 3.21. The van der Waals surface area contributed by atoms with Crippen LogP contribution < -0.4 is 10.9 Å². The van der Waals surface area contributed by atoms with Crippen LogP contribution in [0.5, 0.6) is 0 Å². The summed E-state index contributed by atoms with van der Waals surface area (Å²) in [7, 11) is 0. The molecular weight excluding hydrogens is 296 g/mol. The molecule has 0 spiro atoms. The van der Waals surface area contributed by atoms with Gasteiger partial charge in [-0.05, 0) is 18.8 Å². The van der Waals surface area contributed by atoms with Crippen LogP contribution in [0.25, 0.3) is 0 Å². The van der Waals surface area contributed by atoms with Crippen LogP contribution >= 0.6 is 0 Å². The summed E-state index contributed by atoms with van der Waals surface area (Å²) in [5.74, 6) is 0.453. The highest BCUT2D eigenvalue weighted by Gasteiger charge is 2.28. The molecule has 1 aromatic heterocycles. The number of amides is 2. The molecule has 2 amide bonds. The third kappa shape index (κ3) is 3.72. The van der Waals surface area contributed by atoms with Gasteiger partial charge in [0, 0.05) is 43.8 Å². The number of carbonyl (C=O) groups excluding carboxylic acids is 1. The molecule has 0 saturated carbocycles. The number of hydrogen-bond acceptors (Lipinski definition) is 4. The number of hydrogen-bond donors (Lipinski definition) is 2. The lowest BCUT2D eigenvalue weighted by molar-refractivity contribution is -0.0231. The fraction of sp³-hybridized carbons (Fsp3) is 0.688. The van der Waals surface area contributed by atoms with Gasteiger partial charge in [0.1, 0.15) is 0 Å². The molecule has 3 rings (SSSR count). The van der Waals surface area contributed by atoms with E-state index >= 15 is 0 Å². The quantitative estimate of drug-likeness (QED) is 0.852. The van der Waals surface area contributed by atoms with E-state index in [4.69, 9.17) is 4.74 Å². The summed E-state index contributed by atoms with van der Waals surface area (Å²) in [6.45, 7) is 6.03. The number of nitrogens with zero attached hydrogens (tertiary/aromatic N) is 2. The second-order valence-corrected chi connectivity index (χ2v) is 6.70. The summed E-state index contributed by atoms with van der Waals surface area (Å²) in [6.07, 6.45) is 2.58. The van der Waals surface area contributed by atoms with E-state index < -0.39 is 0 Å². The molecule has 1 saturated heterocycles. The molecule has 2 aliphatic heterocycles. The minimum absolute atomic E-state index is 0.0645. The summed E-state index contributed by atoms with van der Waals surface area (Å²) >= 11 is 0. The van der Waals surface area contributed by atoms with Crippen LogP contribution in [0.15, 0.2) is 10.9 Å². The Bertz CT molecular complexity index is 628. The minimum atomic E-state index is -0.227. The van der Waals surface area contributed by atoms with Crippen LogP contribution in [0.4, 0.5) is 4.79 Å². The molecule has 0 aliphatic carbocycles. The van der Waals surface area contributed by atoms with Crippen LogP contribution in [0, 0.1) is 5.92 Å². The topological polar surface area (TPSA) is 87.3 Å². The summed E-state index contributed by atoms with van der Waals surface area (Å²) in [5, 5.41) is 9.61. The van der Waals surface area contributed by atoms with Crippen LogP contribution in [0.1, 0.15) is 37.9 Å². The molecule has 1 aromatic rings. The summed E-state index contributed by atoms with van der Waals surface area (Å²) < 4.78 is 5.74. The van der Waals surface area contributed by atoms with Gasteiger partial charge >= 0.3 is 6.03 Å². The SMILES string of the molecule is CC(C)C1CC(NC(=O)N2CCc3n[nH]c(=O)cc3C2)CCO1. The number of aromatic amines is 1. The Morgan fingerprint density at radius 1 is 1.52 bits per heavy atom.